The van der Waals surface area contributed by atoms with Crippen LogP contribution in [0, 0.1) is 5.92 Å². The van der Waals surface area contributed by atoms with Crippen LogP contribution in [0.15, 0.2) is 18.2 Å². The number of nitrogens with zero attached hydrogens (tertiary/aromatic N) is 2. The van der Waals surface area contributed by atoms with Gasteiger partial charge in [0.2, 0.25) is 11.8 Å². The Morgan fingerprint density at radius 2 is 2.28 bits per heavy atom. The van der Waals surface area contributed by atoms with E-state index in [0.29, 0.717) is 18.3 Å². The van der Waals surface area contributed by atoms with Gasteiger partial charge in [0, 0.05) is 20.1 Å². The summed E-state index contributed by atoms with van der Waals surface area (Å²) in [6.07, 6.45) is 0.221. The summed E-state index contributed by atoms with van der Waals surface area (Å²) in [6, 6.07) is 5.53. The Bertz CT molecular complexity index is 791. The number of benzene rings is 1. The number of thiazole rings is 1. The Labute approximate surface area is 149 Å². The summed E-state index contributed by atoms with van der Waals surface area (Å²) in [7, 11) is 3.21. The van der Waals surface area contributed by atoms with Crippen molar-refractivity contribution in [1.82, 2.24) is 9.88 Å². The molecule has 0 saturated carbocycles. The molecule has 8 heteroatoms. The van der Waals surface area contributed by atoms with Crippen LogP contribution in [0.3, 0.4) is 0 Å². The van der Waals surface area contributed by atoms with Gasteiger partial charge < -0.3 is 19.7 Å². The van der Waals surface area contributed by atoms with Crippen molar-refractivity contribution in [3.8, 4) is 5.75 Å². The molecule has 25 heavy (non-hydrogen) atoms. The molecular formula is C17H21N3O4S. The minimum absolute atomic E-state index is 0.0151. The van der Waals surface area contributed by atoms with Crippen LogP contribution in [-0.2, 0) is 14.3 Å². The Hall–Kier alpha value is -2.19. The number of fused-ring (bicyclic) bond motifs is 1. The third kappa shape index (κ3) is 3.74. The molecule has 0 unspecified atom stereocenters. The van der Waals surface area contributed by atoms with Gasteiger partial charge in [0.15, 0.2) is 5.13 Å². The SMILES string of the molecule is COC[C@@H](C)N1C[C@@H](C(=O)Nc2nc3ccc(OC)cc3s2)CC1=O. The molecular weight excluding hydrogens is 342 g/mol. The van der Waals surface area contributed by atoms with Crippen molar-refractivity contribution in [2.75, 3.05) is 32.7 Å². The molecule has 1 N–H and O–H groups in total. The summed E-state index contributed by atoms with van der Waals surface area (Å²) in [5.41, 5.74) is 0.805. The van der Waals surface area contributed by atoms with E-state index in [1.165, 1.54) is 11.3 Å². The maximum Gasteiger partial charge on any atom is 0.231 e. The highest BCUT2D eigenvalue weighted by Crippen LogP contribution is 2.30. The van der Waals surface area contributed by atoms with Crippen molar-refractivity contribution < 1.29 is 19.1 Å². The molecule has 7 nitrogen and oxygen atoms in total. The van der Waals surface area contributed by atoms with Crippen molar-refractivity contribution in [2.45, 2.75) is 19.4 Å². The molecule has 0 spiro atoms. The van der Waals surface area contributed by atoms with E-state index in [1.807, 2.05) is 25.1 Å². The summed E-state index contributed by atoms with van der Waals surface area (Å²) < 4.78 is 11.2. The Morgan fingerprint density at radius 3 is 3.00 bits per heavy atom. The van der Waals surface area contributed by atoms with Crippen LogP contribution >= 0.6 is 11.3 Å². The van der Waals surface area contributed by atoms with E-state index in [-0.39, 0.29) is 30.2 Å². The van der Waals surface area contributed by atoms with Gasteiger partial charge in [-0.3, -0.25) is 9.59 Å². The number of aromatic nitrogens is 1. The van der Waals surface area contributed by atoms with Crippen molar-refractivity contribution >= 4 is 38.5 Å². The van der Waals surface area contributed by atoms with E-state index in [4.69, 9.17) is 9.47 Å². The molecule has 2 heterocycles. The second kappa shape index (κ2) is 7.37. The molecule has 1 aliphatic heterocycles. The lowest BCUT2D eigenvalue weighted by Gasteiger charge is -2.23. The van der Waals surface area contributed by atoms with Crippen LogP contribution in [0.1, 0.15) is 13.3 Å². The second-order valence-corrected chi connectivity index (χ2v) is 7.12. The van der Waals surface area contributed by atoms with E-state index in [2.05, 4.69) is 10.3 Å². The number of likely N-dealkylation sites (tertiary alicyclic amines) is 1. The highest BCUT2D eigenvalue weighted by atomic mass is 32.1. The third-order valence-electron chi connectivity index (χ3n) is 4.29. The summed E-state index contributed by atoms with van der Waals surface area (Å²) in [5.74, 6) is 0.191. The van der Waals surface area contributed by atoms with Gasteiger partial charge in [0.1, 0.15) is 5.75 Å². The smallest absolute Gasteiger partial charge is 0.231 e. The lowest BCUT2D eigenvalue weighted by molar-refractivity contribution is -0.130. The van der Waals surface area contributed by atoms with Gasteiger partial charge in [-0.15, -0.1) is 0 Å². The fourth-order valence-electron chi connectivity index (χ4n) is 2.96. The van der Waals surface area contributed by atoms with E-state index in [0.717, 1.165) is 16.0 Å². The molecule has 2 atom stereocenters. The van der Waals surface area contributed by atoms with Gasteiger partial charge in [-0.25, -0.2) is 4.98 Å². The van der Waals surface area contributed by atoms with Crippen LogP contribution in [0.2, 0.25) is 0 Å². The molecule has 1 aliphatic rings. The van der Waals surface area contributed by atoms with E-state index >= 15 is 0 Å². The van der Waals surface area contributed by atoms with Crippen molar-refractivity contribution in [2.24, 2.45) is 5.92 Å². The molecule has 1 fully saturated rings. The first-order valence-corrected chi connectivity index (χ1v) is 8.87. The molecule has 2 amide bonds. The van der Waals surface area contributed by atoms with Gasteiger partial charge in [0.25, 0.3) is 0 Å². The monoisotopic (exact) mass is 363 g/mol. The fraction of sp³-hybridized carbons (Fsp3) is 0.471. The summed E-state index contributed by atoms with van der Waals surface area (Å²) >= 11 is 1.39. The first kappa shape index (κ1) is 17.6. The normalized spacial score (nSPS) is 18.6. The zero-order chi connectivity index (χ0) is 18.0. The van der Waals surface area contributed by atoms with Gasteiger partial charge in [0.05, 0.1) is 35.9 Å². The maximum absolute atomic E-state index is 12.5. The number of rotatable bonds is 6. The Balaban J connectivity index is 1.67. The molecule has 134 valence electrons. The Morgan fingerprint density at radius 1 is 1.48 bits per heavy atom. The molecule has 1 aromatic heterocycles. The van der Waals surface area contributed by atoms with Crippen molar-refractivity contribution in [3.05, 3.63) is 18.2 Å². The van der Waals surface area contributed by atoms with E-state index < -0.39 is 0 Å². The summed E-state index contributed by atoms with van der Waals surface area (Å²) in [4.78, 5) is 30.8. The van der Waals surface area contributed by atoms with Crippen molar-refractivity contribution in [1.29, 1.82) is 0 Å². The maximum atomic E-state index is 12.5. The number of nitrogens with one attached hydrogen (secondary N) is 1. The highest BCUT2D eigenvalue weighted by Gasteiger charge is 2.36. The van der Waals surface area contributed by atoms with Crippen LogP contribution in [0.4, 0.5) is 5.13 Å². The molecule has 2 aromatic rings. The quantitative estimate of drug-likeness (QED) is 0.850. The first-order chi connectivity index (χ1) is 12.0. The average Bonchev–Trinajstić information content (AvgIpc) is 3.17. The van der Waals surface area contributed by atoms with Crippen LogP contribution in [0.5, 0.6) is 5.75 Å². The molecule has 1 aromatic carbocycles. The second-order valence-electron chi connectivity index (χ2n) is 6.09. The lowest BCUT2D eigenvalue weighted by Crippen LogP contribution is -2.38. The minimum atomic E-state index is -0.367. The van der Waals surface area contributed by atoms with Crippen molar-refractivity contribution in [3.63, 3.8) is 0 Å². The average molecular weight is 363 g/mol. The van der Waals surface area contributed by atoms with E-state index in [1.54, 1.807) is 19.1 Å². The number of carbonyl (C=O) groups is 2. The van der Waals surface area contributed by atoms with Gasteiger partial charge in [-0.2, -0.15) is 0 Å². The number of carbonyl (C=O) groups excluding carboxylic acids is 2. The number of ether oxygens (including phenoxy) is 2. The van der Waals surface area contributed by atoms with Crippen LogP contribution < -0.4 is 10.1 Å². The molecule has 0 aliphatic carbocycles. The fourth-order valence-corrected chi connectivity index (χ4v) is 3.85. The number of hydrogen-bond donors (Lipinski definition) is 1. The van der Waals surface area contributed by atoms with E-state index in [9.17, 15) is 9.59 Å². The minimum Gasteiger partial charge on any atom is -0.497 e. The number of anilines is 1. The Kier molecular flexibility index (Phi) is 5.19. The predicted octanol–water partition coefficient (Wildman–Crippen LogP) is 2.13. The first-order valence-electron chi connectivity index (χ1n) is 8.05. The van der Waals surface area contributed by atoms with Crippen LogP contribution in [-0.4, -0.2) is 55.1 Å². The molecule has 0 radical (unpaired) electrons. The third-order valence-corrected chi connectivity index (χ3v) is 5.23. The molecule has 1 saturated heterocycles. The van der Waals surface area contributed by atoms with Gasteiger partial charge >= 0.3 is 0 Å². The molecule has 3 rings (SSSR count). The summed E-state index contributed by atoms with van der Waals surface area (Å²) in [6.45, 7) is 2.79. The van der Waals surface area contributed by atoms with Gasteiger partial charge in [-0.1, -0.05) is 11.3 Å². The predicted molar refractivity (Wildman–Crippen MR) is 96.0 cm³/mol. The highest BCUT2D eigenvalue weighted by molar-refractivity contribution is 7.22. The number of hydrogen-bond acceptors (Lipinski definition) is 6. The largest absolute Gasteiger partial charge is 0.497 e. The summed E-state index contributed by atoms with van der Waals surface area (Å²) in [5, 5.41) is 3.37. The number of amides is 2. The molecule has 0 bridgehead atoms. The lowest BCUT2D eigenvalue weighted by atomic mass is 10.1. The van der Waals surface area contributed by atoms with Gasteiger partial charge in [-0.05, 0) is 25.1 Å². The van der Waals surface area contributed by atoms with Crippen LogP contribution in [0.25, 0.3) is 10.2 Å². The number of methoxy groups -OCH3 is 2. The topological polar surface area (TPSA) is 80.8 Å². The zero-order valence-electron chi connectivity index (χ0n) is 14.4. The standard InChI is InChI=1S/C17H21N3O4S/c1-10(9-23-2)20-8-11(6-15(20)21)16(22)19-17-18-13-5-4-12(24-3)7-14(13)25-17/h4-5,7,10-11H,6,8-9H2,1-3H3,(H,18,19,22)/t10-,11+/m1/s1. The zero-order valence-corrected chi connectivity index (χ0v) is 15.3.